The summed E-state index contributed by atoms with van der Waals surface area (Å²) in [6.07, 6.45) is 5.03. The number of aryl methyl sites for hydroxylation is 1. The summed E-state index contributed by atoms with van der Waals surface area (Å²) in [6, 6.07) is 6.40. The second-order valence-corrected chi connectivity index (χ2v) is 5.97. The Morgan fingerprint density at radius 1 is 1.32 bits per heavy atom. The third-order valence-electron chi connectivity index (χ3n) is 4.67. The van der Waals surface area contributed by atoms with Crippen molar-refractivity contribution in [2.24, 2.45) is 0 Å². The molecule has 3 nitrogen and oxygen atoms in total. The van der Waals surface area contributed by atoms with E-state index in [4.69, 9.17) is 0 Å². The largest absolute Gasteiger partial charge is 0.508 e. The van der Waals surface area contributed by atoms with Crippen molar-refractivity contribution in [1.29, 1.82) is 0 Å². The summed E-state index contributed by atoms with van der Waals surface area (Å²) < 4.78 is 0. The summed E-state index contributed by atoms with van der Waals surface area (Å²) in [5, 5.41) is 9.55. The van der Waals surface area contributed by atoms with Crippen molar-refractivity contribution in [3.63, 3.8) is 0 Å². The Morgan fingerprint density at radius 3 is 2.89 bits per heavy atom. The fourth-order valence-electron chi connectivity index (χ4n) is 3.50. The maximum absolute atomic E-state index is 9.55. The minimum atomic E-state index is 0.402. The van der Waals surface area contributed by atoms with Crippen LogP contribution >= 0.6 is 0 Å². The summed E-state index contributed by atoms with van der Waals surface area (Å²) in [5.41, 5.74) is 2.75. The molecule has 3 heteroatoms. The number of nitrogens with zero attached hydrogens (tertiary/aromatic N) is 2. The Labute approximate surface area is 115 Å². The monoisotopic (exact) mass is 260 g/mol. The van der Waals surface area contributed by atoms with E-state index >= 15 is 0 Å². The van der Waals surface area contributed by atoms with Crippen LogP contribution in [0.3, 0.4) is 0 Å². The Morgan fingerprint density at radius 2 is 2.11 bits per heavy atom. The molecule has 19 heavy (non-hydrogen) atoms. The standard InChI is InChI=1S/C16H24N2O/c1-17(10-11-18-8-2-3-9-18)16-7-4-13-12-14(19)5-6-15(13)16/h5-6,12,16,19H,2-4,7-11H2,1H3. The molecule has 3 rings (SSSR count). The van der Waals surface area contributed by atoms with Crippen LogP contribution in [0, 0.1) is 0 Å². The molecule has 1 heterocycles. The number of aromatic hydroxyl groups is 1. The van der Waals surface area contributed by atoms with Crippen molar-refractivity contribution in [3.8, 4) is 5.75 Å². The van der Waals surface area contributed by atoms with Gasteiger partial charge in [0.1, 0.15) is 5.75 Å². The maximum Gasteiger partial charge on any atom is 0.115 e. The number of likely N-dealkylation sites (N-methyl/N-ethyl adjacent to an activating group) is 1. The van der Waals surface area contributed by atoms with Gasteiger partial charge < -0.3 is 10.0 Å². The second kappa shape index (κ2) is 5.51. The van der Waals surface area contributed by atoms with Crippen molar-refractivity contribution in [2.45, 2.75) is 31.7 Å². The summed E-state index contributed by atoms with van der Waals surface area (Å²) in [6.45, 7) is 4.90. The molecule has 0 bridgehead atoms. The molecule has 0 saturated carbocycles. The normalized spacial score (nSPS) is 23.2. The average Bonchev–Trinajstić information content (AvgIpc) is 3.04. The Bertz CT molecular complexity index is 440. The van der Waals surface area contributed by atoms with Crippen LogP contribution in [0.25, 0.3) is 0 Å². The lowest BCUT2D eigenvalue weighted by Crippen LogP contribution is -2.33. The van der Waals surface area contributed by atoms with Crippen LogP contribution < -0.4 is 0 Å². The van der Waals surface area contributed by atoms with Gasteiger partial charge in [-0.15, -0.1) is 0 Å². The average molecular weight is 260 g/mol. The molecule has 2 aliphatic rings. The molecule has 0 amide bonds. The van der Waals surface area contributed by atoms with Crippen molar-refractivity contribution in [1.82, 2.24) is 9.80 Å². The lowest BCUT2D eigenvalue weighted by atomic mass is 10.1. The fraction of sp³-hybridized carbons (Fsp3) is 0.625. The zero-order chi connectivity index (χ0) is 13.2. The number of rotatable bonds is 4. The van der Waals surface area contributed by atoms with Gasteiger partial charge in [0.15, 0.2) is 0 Å². The molecule has 1 aliphatic heterocycles. The molecular weight excluding hydrogens is 236 g/mol. The number of benzene rings is 1. The minimum absolute atomic E-state index is 0.402. The van der Waals surface area contributed by atoms with Crippen molar-refractivity contribution >= 4 is 0 Å². The van der Waals surface area contributed by atoms with Gasteiger partial charge in [-0.25, -0.2) is 0 Å². The molecule has 1 unspecified atom stereocenters. The van der Waals surface area contributed by atoms with Crippen LogP contribution in [-0.2, 0) is 6.42 Å². The van der Waals surface area contributed by atoms with Crippen LogP contribution in [0.5, 0.6) is 5.75 Å². The third-order valence-corrected chi connectivity index (χ3v) is 4.67. The zero-order valence-corrected chi connectivity index (χ0v) is 11.8. The van der Waals surface area contributed by atoms with Crippen LogP contribution in [0.1, 0.15) is 36.4 Å². The Hall–Kier alpha value is -1.06. The first-order chi connectivity index (χ1) is 9.24. The number of fused-ring (bicyclic) bond motifs is 1. The van der Waals surface area contributed by atoms with Crippen LogP contribution in [0.4, 0.5) is 0 Å². The highest BCUT2D eigenvalue weighted by Crippen LogP contribution is 2.36. The first-order valence-electron chi connectivity index (χ1n) is 7.48. The number of phenolic OH excluding ortho intramolecular Hbond substituents is 1. The maximum atomic E-state index is 9.55. The van der Waals surface area contributed by atoms with Gasteiger partial charge in [0.25, 0.3) is 0 Å². The van der Waals surface area contributed by atoms with Gasteiger partial charge in [-0.2, -0.15) is 0 Å². The fourth-order valence-corrected chi connectivity index (χ4v) is 3.50. The van der Waals surface area contributed by atoms with Gasteiger partial charge >= 0.3 is 0 Å². The van der Waals surface area contributed by atoms with E-state index in [9.17, 15) is 5.11 Å². The van der Waals surface area contributed by atoms with Crippen LogP contribution in [0.15, 0.2) is 18.2 Å². The minimum Gasteiger partial charge on any atom is -0.508 e. The SMILES string of the molecule is CN(CCN1CCCC1)C1CCc2cc(O)ccc21. The second-order valence-electron chi connectivity index (χ2n) is 5.97. The van der Waals surface area contributed by atoms with Crippen molar-refractivity contribution < 1.29 is 5.11 Å². The highest BCUT2D eigenvalue weighted by Gasteiger charge is 2.26. The lowest BCUT2D eigenvalue weighted by molar-refractivity contribution is 0.205. The third kappa shape index (κ3) is 2.77. The molecule has 1 fully saturated rings. The molecule has 1 aromatic carbocycles. The van der Waals surface area contributed by atoms with Gasteiger partial charge in [-0.05, 0) is 69.1 Å². The van der Waals surface area contributed by atoms with E-state index in [0.717, 1.165) is 13.0 Å². The number of hydrogen-bond acceptors (Lipinski definition) is 3. The molecule has 1 N–H and O–H groups in total. The number of likely N-dealkylation sites (tertiary alicyclic amines) is 1. The smallest absolute Gasteiger partial charge is 0.115 e. The summed E-state index contributed by atoms with van der Waals surface area (Å²) in [4.78, 5) is 5.06. The number of phenols is 1. The topological polar surface area (TPSA) is 26.7 Å². The van der Waals surface area contributed by atoms with E-state index in [-0.39, 0.29) is 0 Å². The van der Waals surface area contributed by atoms with Gasteiger partial charge in [-0.1, -0.05) is 6.07 Å². The van der Waals surface area contributed by atoms with E-state index in [2.05, 4.69) is 22.9 Å². The summed E-state index contributed by atoms with van der Waals surface area (Å²) in [5.74, 6) is 0.402. The molecule has 1 atom stereocenters. The Balaban J connectivity index is 1.60. The number of hydrogen-bond donors (Lipinski definition) is 1. The van der Waals surface area contributed by atoms with Gasteiger partial charge in [0.05, 0.1) is 0 Å². The molecule has 1 aromatic rings. The molecule has 1 aliphatic carbocycles. The predicted molar refractivity (Wildman–Crippen MR) is 77.5 cm³/mol. The summed E-state index contributed by atoms with van der Waals surface area (Å²) >= 11 is 0. The lowest BCUT2D eigenvalue weighted by Gasteiger charge is -2.27. The van der Waals surface area contributed by atoms with Gasteiger partial charge in [-0.3, -0.25) is 4.90 Å². The molecule has 104 valence electrons. The van der Waals surface area contributed by atoms with E-state index < -0.39 is 0 Å². The van der Waals surface area contributed by atoms with Gasteiger partial charge in [0.2, 0.25) is 0 Å². The molecule has 1 saturated heterocycles. The highest BCUT2D eigenvalue weighted by atomic mass is 16.3. The van der Waals surface area contributed by atoms with E-state index in [0.29, 0.717) is 11.8 Å². The Kier molecular flexibility index (Phi) is 3.76. The molecule has 0 radical (unpaired) electrons. The molecular formula is C16H24N2O. The quantitative estimate of drug-likeness (QED) is 0.900. The predicted octanol–water partition coefficient (Wildman–Crippen LogP) is 2.41. The first kappa shape index (κ1) is 12.9. The van der Waals surface area contributed by atoms with E-state index in [1.807, 2.05) is 12.1 Å². The van der Waals surface area contributed by atoms with E-state index in [1.165, 1.54) is 50.0 Å². The van der Waals surface area contributed by atoms with Crippen molar-refractivity contribution in [2.75, 3.05) is 33.2 Å². The van der Waals surface area contributed by atoms with Gasteiger partial charge in [0, 0.05) is 19.1 Å². The molecule has 0 spiro atoms. The zero-order valence-electron chi connectivity index (χ0n) is 11.8. The molecule has 0 aromatic heterocycles. The van der Waals surface area contributed by atoms with Crippen LogP contribution in [-0.4, -0.2) is 48.1 Å². The highest BCUT2D eigenvalue weighted by molar-refractivity contribution is 5.40. The van der Waals surface area contributed by atoms with Crippen LogP contribution in [0.2, 0.25) is 0 Å². The van der Waals surface area contributed by atoms with Crippen molar-refractivity contribution in [3.05, 3.63) is 29.3 Å². The van der Waals surface area contributed by atoms with E-state index in [1.54, 1.807) is 0 Å². The summed E-state index contributed by atoms with van der Waals surface area (Å²) in [7, 11) is 2.24. The first-order valence-corrected chi connectivity index (χ1v) is 7.48.